The molecule has 6 heteroatoms. The van der Waals surface area contributed by atoms with Gasteiger partial charge in [-0.25, -0.2) is 0 Å². The van der Waals surface area contributed by atoms with E-state index >= 15 is 0 Å². The fraction of sp³-hybridized carbons (Fsp3) is 0. The van der Waals surface area contributed by atoms with Crippen molar-refractivity contribution in [1.29, 1.82) is 0 Å². The standard InChI is InChI=1S/3H2O.2Y.Zr/h3*1H2;;;. The Bertz CT molecular complexity index is 8.75. The van der Waals surface area contributed by atoms with E-state index in [1.807, 2.05) is 0 Å². The van der Waals surface area contributed by atoms with Gasteiger partial charge < -0.3 is 16.4 Å². The van der Waals surface area contributed by atoms with Crippen LogP contribution in [0.3, 0.4) is 0 Å². The second kappa shape index (κ2) is 43.9. The zero-order valence-electron chi connectivity index (χ0n) is 3.15. The Morgan fingerprint density at radius 3 is 0.500 bits per heavy atom. The van der Waals surface area contributed by atoms with Crippen LogP contribution in [0.2, 0.25) is 0 Å². The molecule has 0 aromatic heterocycles. The van der Waals surface area contributed by atoms with Crippen molar-refractivity contribution in [1.82, 2.24) is 0 Å². The fourth-order valence-electron chi connectivity index (χ4n) is 0. The molecule has 0 aromatic carbocycles. The molecule has 0 aromatic rings. The number of hydrogen-bond acceptors (Lipinski definition) is 0. The van der Waals surface area contributed by atoms with Crippen LogP contribution in [-0.2, 0) is 91.6 Å². The Hall–Kier alpha value is 2.97. The van der Waals surface area contributed by atoms with E-state index < -0.39 is 0 Å². The van der Waals surface area contributed by atoms with E-state index in [1.54, 1.807) is 0 Å². The van der Waals surface area contributed by atoms with E-state index in [4.69, 9.17) is 0 Å². The Morgan fingerprint density at radius 2 is 0.500 bits per heavy atom. The molecular formula is H6O3Y2Zr. The maximum absolute atomic E-state index is 0. The zero-order chi connectivity index (χ0) is 0. The van der Waals surface area contributed by atoms with Gasteiger partial charge in [0.15, 0.2) is 0 Å². The third kappa shape index (κ3) is 28.2. The van der Waals surface area contributed by atoms with Crippen molar-refractivity contribution in [3.63, 3.8) is 0 Å². The summed E-state index contributed by atoms with van der Waals surface area (Å²) in [6, 6.07) is 0. The van der Waals surface area contributed by atoms with Crippen molar-refractivity contribution in [2.45, 2.75) is 0 Å². The van der Waals surface area contributed by atoms with Gasteiger partial charge in [0, 0.05) is 91.6 Å². The molecule has 0 spiro atoms. The van der Waals surface area contributed by atoms with Gasteiger partial charge in [0.2, 0.25) is 0 Å². The first-order valence-electron chi connectivity index (χ1n) is 0. The van der Waals surface area contributed by atoms with Crippen LogP contribution in [0.5, 0.6) is 0 Å². The first-order valence-corrected chi connectivity index (χ1v) is 0. The molecule has 0 amide bonds. The summed E-state index contributed by atoms with van der Waals surface area (Å²) in [7, 11) is 0. The van der Waals surface area contributed by atoms with Crippen molar-refractivity contribution >= 4 is 0 Å². The average molecular weight is 323 g/mol. The van der Waals surface area contributed by atoms with Crippen LogP contribution in [0, 0.1) is 0 Å². The smallest absolute Gasteiger partial charge is 0 e. The summed E-state index contributed by atoms with van der Waals surface area (Å²) in [5, 5.41) is 0. The molecule has 0 saturated carbocycles. The van der Waals surface area contributed by atoms with Crippen LogP contribution >= 0.6 is 0 Å². The Labute approximate surface area is 106 Å². The molecule has 2 radical (unpaired) electrons. The maximum atomic E-state index is 0. The molecule has 0 unspecified atom stereocenters. The van der Waals surface area contributed by atoms with Gasteiger partial charge >= 0.3 is 0 Å². The second-order valence-corrected chi connectivity index (χ2v) is 0. The van der Waals surface area contributed by atoms with E-state index in [2.05, 4.69) is 0 Å². The van der Waals surface area contributed by atoms with Gasteiger partial charge in [-0.2, -0.15) is 0 Å². The summed E-state index contributed by atoms with van der Waals surface area (Å²) in [4.78, 5) is 0. The molecule has 0 saturated heterocycles. The number of hydrogen-bond donors (Lipinski definition) is 0. The molecule has 0 rings (SSSR count). The Kier molecular flexibility index (Phi) is 472. The molecule has 0 aliphatic carbocycles. The zero-order valence-corrected chi connectivity index (χ0v) is 11.3. The summed E-state index contributed by atoms with van der Waals surface area (Å²) >= 11 is 0. The van der Waals surface area contributed by atoms with Crippen molar-refractivity contribution < 1.29 is 108 Å². The Morgan fingerprint density at radius 1 is 0.500 bits per heavy atom. The molecule has 0 fully saturated rings. The van der Waals surface area contributed by atoms with E-state index in [1.165, 1.54) is 0 Å². The SMILES string of the molecule is O.O.O.[Y].[Y].[Zr]. The molecule has 0 heterocycles. The van der Waals surface area contributed by atoms with Gasteiger partial charge in [0.25, 0.3) is 0 Å². The summed E-state index contributed by atoms with van der Waals surface area (Å²) in [5.74, 6) is 0. The largest absolute Gasteiger partial charge is 0.412 e. The first kappa shape index (κ1) is 64.6. The van der Waals surface area contributed by atoms with Gasteiger partial charge in [-0.05, 0) is 0 Å². The van der Waals surface area contributed by atoms with Gasteiger partial charge in [-0.1, -0.05) is 0 Å². The quantitative estimate of drug-likeness (QED) is 0.472. The van der Waals surface area contributed by atoms with Gasteiger partial charge in [0.05, 0.1) is 0 Å². The molecule has 34 valence electrons. The molecule has 0 bridgehead atoms. The van der Waals surface area contributed by atoms with Crippen molar-refractivity contribution in [3.8, 4) is 0 Å². The average Bonchev–Trinajstić information content (AvgIpc) is 0. The minimum absolute atomic E-state index is 0. The third-order valence-corrected chi connectivity index (χ3v) is 0. The van der Waals surface area contributed by atoms with Crippen LogP contribution in [-0.4, -0.2) is 16.4 Å². The van der Waals surface area contributed by atoms with Crippen LogP contribution in [0.25, 0.3) is 0 Å². The molecular weight excluding hydrogens is 317 g/mol. The number of rotatable bonds is 0. The third-order valence-electron chi connectivity index (χ3n) is 0. The topological polar surface area (TPSA) is 94.5 Å². The van der Waals surface area contributed by atoms with Crippen LogP contribution in [0.4, 0.5) is 0 Å². The van der Waals surface area contributed by atoms with Crippen LogP contribution < -0.4 is 0 Å². The summed E-state index contributed by atoms with van der Waals surface area (Å²) in [6.45, 7) is 0. The molecule has 0 aliphatic heterocycles. The summed E-state index contributed by atoms with van der Waals surface area (Å²) in [6.07, 6.45) is 0. The van der Waals surface area contributed by atoms with Crippen molar-refractivity contribution in [3.05, 3.63) is 0 Å². The molecule has 0 aliphatic rings. The summed E-state index contributed by atoms with van der Waals surface area (Å²) < 4.78 is 0. The predicted molar refractivity (Wildman–Crippen MR) is 10.8 cm³/mol. The monoisotopic (exact) mass is 322 g/mol. The molecule has 6 heavy (non-hydrogen) atoms. The first-order chi connectivity index (χ1) is 0. The van der Waals surface area contributed by atoms with E-state index in [-0.39, 0.29) is 108 Å². The van der Waals surface area contributed by atoms with Crippen molar-refractivity contribution in [2.75, 3.05) is 0 Å². The molecule has 3 nitrogen and oxygen atoms in total. The fourth-order valence-corrected chi connectivity index (χ4v) is 0. The van der Waals surface area contributed by atoms with E-state index in [9.17, 15) is 0 Å². The van der Waals surface area contributed by atoms with Crippen LogP contribution in [0.1, 0.15) is 0 Å². The molecule has 6 N–H and O–H groups in total. The Balaban J connectivity index is 0. The van der Waals surface area contributed by atoms with Crippen molar-refractivity contribution in [2.24, 2.45) is 0 Å². The normalized spacial score (nSPS) is 0. The van der Waals surface area contributed by atoms with E-state index in [0.717, 1.165) is 0 Å². The summed E-state index contributed by atoms with van der Waals surface area (Å²) in [5.41, 5.74) is 0. The van der Waals surface area contributed by atoms with E-state index in [0.29, 0.717) is 0 Å². The van der Waals surface area contributed by atoms with Gasteiger partial charge in [0.1, 0.15) is 0 Å². The van der Waals surface area contributed by atoms with Crippen LogP contribution in [0.15, 0.2) is 0 Å². The minimum atomic E-state index is 0. The molecule has 0 atom stereocenters. The van der Waals surface area contributed by atoms with Gasteiger partial charge in [-0.15, -0.1) is 0 Å². The second-order valence-electron chi connectivity index (χ2n) is 0. The predicted octanol–water partition coefficient (Wildman–Crippen LogP) is -2.48. The minimum Gasteiger partial charge on any atom is -0.412 e. The van der Waals surface area contributed by atoms with Gasteiger partial charge in [-0.3, -0.25) is 0 Å². The maximum Gasteiger partial charge on any atom is 0 e.